The highest BCUT2D eigenvalue weighted by molar-refractivity contribution is 5.73. The number of benzene rings is 1. The van der Waals surface area contributed by atoms with Crippen LogP contribution in [0.1, 0.15) is 11.7 Å². The molecule has 0 radical (unpaired) electrons. The van der Waals surface area contributed by atoms with Crippen molar-refractivity contribution in [2.75, 3.05) is 19.7 Å². The molecule has 1 aliphatic rings. The van der Waals surface area contributed by atoms with Crippen molar-refractivity contribution in [3.8, 4) is 0 Å². The Balaban J connectivity index is 0.000000381. The highest BCUT2D eigenvalue weighted by atomic mass is 19.4. The van der Waals surface area contributed by atoms with Gasteiger partial charge in [0.1, 0.15) is 12.4 Å². The summed E-state index contributed by atoms with van der Waals surface area (Å²) in [6.45, 7) is -0.0641. The average molecular weight is 377 g/mol. The first-order valence-corrected chi connectivity index (χ1v) is 6.85. The molecule has 11 heteroatoms. The van der Waals surface area contributed by atoms with E-state index >= 15 is 0 Å². The molecule has 0 aromatic heterocycles. The molecule has 1 aliphatic heterocycles. The number of aliphatic carboxylic acids is 1. The summed E-state index contributed by atoms with van der Waals surface area (Å²) in [5, 5.41) is 10.1. The minimum atomic E-state index is -5.08. The van der Waals surface area contributed by atoms with Crippen LogP contribution in [0, 0.1) is 11.7 Å². The summed E-state index contributed by atoms with van der Waals surface area (Å²) in [4.78, 5) is 8.90. The van der Waals surface area contributed by atoms with Crippen molar-refractivity contribution in [3.05, 3.63) is 35.6 Å². The monoisotopic (exact) mass is 377 g/mol. The molecular formula is C14H14F7NO3. The number of ether oxygens (including phenoxy) is 1. The fraction of sp³-hybridized carbons (Fsp3) is 0.500. The van der Waals surface area contributed by atoms with Crippen LogP contribution in [-0.2, 0) is 9.53 Å². The van der Waals surface area contributed by atoms with E-state index in [9.17, 15) is 30.7 Å². The Morgan fingerprint density at radius 3 is 1.96 bits per heavy atom. The smallest absolute Gasteiger partial charge is 0.475 e. The van der Waals surface area contributed by atoms with E-state index in [1.54, 1.807) is 0 Å². The molecule has 0 amide bonds. The normalized spacial score (nSPS) is 16.4. The highest BCUT2D eigenvalue weighted by Gasteiger charge is 2.38. The van der Waals surface area contributed by atoms with Crippen LogP contribution < -0.4 is 5.32 Å². The Morgan fingerprint density at radius 2 is 1.64 bits per heavy atom. The maximum absolute atomic E-state index is 12.8. The van der Waals surface area contributed by atoms with Crippen molar-refractivity contribution in [2.24, 2.45) is 5.92 Å². The third kappa shape index (κ3) is 7.69. The predicted molar refractivity (Wildman–Crippen MR) is 71.2 cm³/mol. The lowest BCUT2D eigenvalue weighted by atomic mass is 9.91. The van der Waals surface area contributed by atoms with E-state index in [4.69, 9.17) is 14.6 Å². The second-order valence-electron chi connectivity index (χ2n) is 5.12. The molecular weight excluding hydrogens is 363 g/mol. The highest BCUT2D eigenvalue weighted by Crippen LogP contribution is 2.31. The number of carbonyl (C=O) groups is 1. The van der Waals surface area contributed by atoms with E-state index < -0.39 is 36.8 Å². The lowest BCUT2D eigenvalue weighted by molar-refractivity contribution is -0.193. The molecule has 0 saturated carbocycles. The number of carboxylic acids is 1. The van der Waals surface area contributed by atoms with Crippen LogP contribution in [0.15, 0.2) is 24.3 Å². The van der Waals surface area contributed by atoms with Gasteiger partial charge in [-0.15, -0.1) is 0 Å². The number of nitrogens with one attached hydrogen (secondary N) is 1. The van der Waals surface area contributed by atoms with Crippen molar-refractivity contribution in [1.82, 2.24) is 5.32 Å². The van der Waals surface area contributed by atoms with Crippen LogP contribution in [0.2, 0.25) is 0 Å². The summed E-state index contributed by atoms with van der Waals surface area (Å²) in [5.41, 5.74) is 0.576. The second kappa shape index (κ2) is 8.48. The van der Waals surface area contributed by atoms with E-state index in [-0.39, 0.29) is 5.92 Å². The van der Waals surface area contributed by atoms with Crippen LogP contribution in [0.5, 0.6) is 0 Å². The fourth-order valence-electron chi connectivity index (χ4n) is 1.87. The van der Waals surface area contributed by atoms with Crippen molar-refractivity contribution in [1.29, 1.82) is 0 Å². The van der Waals surface area contributed by atoms with Gasteiger partial charge in [0.05, 0.1) is 6.10 Å². The van der Waals surface area contributed by atoms with Crippen LogP contribution in [0.3, 0.4) is 0 Å². The van der Waals surface area contributed by atoms with E-state index in [1.165, 1.54) is 24.3 Å². The molecule has 4 nitrogen and oxygen atoms in total. The van der Waals surface area contributed by atoms with Crippen molar-refractivity contribution in [2.45, 2.75) is 18.5 Å². The SMILES string of the molecule is Fc1ccc(C(OCC(F)(F)F)C2CNC2)cc1.O=C(O)C(F)(F)F. The van der Waals surface area contributed by atoms with Gasteiger partial charge in [0, 0.05) is 19.0 Å². The lowest BCUT2D eigenvalue weighted by Gasteiger charge is -2.35. The maximum atomic E-state index is 12.8. The summed E-state index contributed by atoms with van der Waals surface area (Å²) in [5.74, 6) is -3.18. The van der Waals surface area contributed by atoms with Gasteiger partial charge >= 0.3 is 18.3 Å². The zero-order valence-corrected chi connectivity index (χ0v) is 12.5. The molecule has 1 saturated heterocycles. The number of halogens is 7. The average Bonchev–Trinajstić information content (AvgIpc) is 2.41. The van der Waals surface area contributed by atoms with Crippen molar-refractivity contribution in [3.63, 3.8) is 0 Å². The quantitative estimate of drug-likeness (QED) is 0.791. The van der Waals surface area contributed by atoms with Gasteiger partial charge < -0.3 is 15.2 Å². The molecule has 1 aromatic rings. The van der Waals surface area contributed by atoms with Crippen LogP contribution in [-0.4, -0.2) is 43.1 Å². The third-order valence-electron chi connectivity index (χ3n) is 3.11. The van der Waals surface area contributed by atoms with E-state index in [0.717, 1.165) is 0 Å². The van der Waals surface area contributed by atoms with Crippen LogP contribution >= 0.6 is 0 Å². The molecule has 142 valence electrons. The van der Waals surface area contributed by atoms with Crippen molar-refractivity contribution < 1.29 is 45.4 Å². The third-order valence-corrected chi connectivity index (χ3v) is 3.11. The zero-order chi connectivity index (χ0) is 19.3. The number of hydrogen-bond donors (Lipinski definition) is 2. The predicted octanol–water partition coefficient (Wildman–Crippen LogP) is 3.30. The van der Waals surface area contributed by atoms with E-state index in [1.807, 2.05) is 0 Å². The minimum absolute atomic E-state index is 0.00203. The van der Waals surface area contributed by atoms with Crippen LogP contribution in [0.25, 0.3) is 0 Å². The lowest BCUT2D eigenvalue weighted by Crippen LogP contribution is -2.46. The molecule has 1 unspecified atom stereocenters. The topological polar surface area (TPSA) is 58.6 Å². The molecule has 25 heavy (non-hydrogen) atoms. The molecule has 1 heterocycles. The summed E-state index contributed by atoms with van der Waals surface area (Å²) >= 11 is 0. The Labute approximate surface area is 137 Å². The first-order chi connectivity index (χ1) is 11.4. The number of rotatable bonds is 4. The molecule has 0 aliphatic carbocycles. The first kappa shape index (κ1) is 21.2. The zero-order valence-electron chi connectivity index (χ0n) is 12.5. The number of hydrogen-bond acceptors (Lipinski definition) is 3. The Morgan fingerprint density at radius 1 is 1.16 bits per heavy atom. The van der Waals surface area contributed by atoms with Gasteiger partial charge in [-0.25, -0.2) is 9.18 Å². The van der Waals surface area contributed by atoms with Gasteiger partial charge in [0.15, 0.2) is 0 Å². The summed E-state index contributed by atoms with van der Waals surface area (Å²) in [6, 6.07) is 5.39. The molecule has 2 N–H and O–H groups in total. The fourth-order valence-corrected chi connectivity index (χ4v) is 1.87. The summed E-state index contributed by atoms with van der Waals surface area (Å²) < 4.78 is 86.0. The molecule has 0 spiro atoms. The van der Waals surface area contributed by atoms with Gasteiger partial charge in [-0.05, 0) is 17.7 Å². The van der Waals surface area contributed by atoms with Gasteiger partial charge in [-0.2, -0.15) is 26.3 Å². The molecule has 0 bridgehead atoms. The van der Waals surface area contributed by atoms with Gasteiger partial charge in [0.2, 0.25) is 0 Å². The Kier molecular flexibility index (Phi) is 7.17. The van der Waals surface area contributed by atoms with E-state index in [2.05, 4.69) is 5.32 Å². The molecule has 1 aromatic carbocycles. The minimum Gasteiger partial charge on any atom is -0.475 e. The van der Waals surface area contributed by atoms with Gasteiger partial charge in [-0.1, -0.05) is 12.1 Å². The maximum Gasteiger partial charge on any atom is 0.490 e. The molecule has 2 rings (SSSR count). The number of carboxylic acid groups (broad SMARTS) is 1. The second-order valence-corrected chi connectivity index (χ2v) is 5.12. The number of alkyl halides is 6. The Hall–Kier alpha value is -1.88. The summed E-state index contributed by atoms with van der Waals surface area (Å²) in [7, 11) is 0. The van der Waals surface area contributed by atoms with Gasteiger partial charge in [0.25, 0.3) is 0 Å². The van der Waals surface area contributed by atoms with Crippen LogP contribution in [0.4, 0.5) is 30.7 Å². The molecule has 1 fully saturated rings. The molecule has 1 atom stereocenters. The first-order valence-electron chi connectivity index (χ1n) is 6.85. The van der Waals surface area contributed by atoms with E-state index in [0.29, 0.717) is 18.7 Å². The Bertz CT molecular complexity index is 553. The summed E-state index contributed by atoms with van der Waals surface area (Å²) in [6.07, 6.45) is -10.1. The standard InChI is InChI=1S/C12H13F4NO.C2HF3O2/c13-10-3-1-8(2-4-10)11(9-5-17-6-9)18-7-12(14,15)16;3-2(4,5)1(6)7/h1-4,9,11,17H,5-7H2;(H,6,7). The van der Waals surface area contributed by atoms with Crippen molar-refractivity contribution >= 4 is 5.97 Å². The largest absolute Gasteiger partial charge is 0.490 e. The van der Waals surface area contributed by atoms with Gasteiger partial charge in [-0.3, -0.25) is 0 Å².